The molecule has 0 aliphatic carbocycles. The van der Waals surface area contributed by atoms with E-state index in [9.17, 15) is 18.0 Å². The van der Waals surface area contributed by atoms with Gasteiger partial charge in [-0.15, -0.1) is 0 Å². The van der Waals surface area contributed by atoms with Crippen LogP contribution in [0.5, 0.6) is 0 Å². The summed E-state index contributed by atoms with van der Waals surface area (Å²) in [7, 11) is 0. The first kappa shape index (κ1) is 19.5. The first-order chi connectivity index (χ1) is 13.2. The topological polar surface area (TPSA) is 51.2 Å². The van der Waals surface area contributed by atoms with E-state index >= 15 is 0 Å². The van der Waals surface area contributed by atoms with Crippen LogP contribution in [-0.2, 0) is 15.7 Å². The molecule has 2 aliphatic rings. The normalized spacial score (nSPS) is 26.5. The van der Waals surface area contributed by atoms with Crippen molar-refractivity contribution in [3.05, 3.63) is 57.8 Å². The van der Waals surface area contributed by atoms with E-state index in [2.05, 4.69) is 10.3 Å². The molecule has 148 valence electrons. The van der Waals surface area contributed by atoms with Crippen molar-refractivity contribution in [1.29, 1.82) is 0 Å². The van der Waals surface area contributed by atoms with Crippen LogP contribution in [0.4, 0.5) is 18.9 Å². The van der Waals surface area contributed by atoms with E-state index in [1.807, 2.05) is 0 Å². The highest BCUT2D eigenvalue weighted by Gasteiger charge is 2.53. The summed E-state index contributed by atoms with van der Waals surface area (Å²) in [4.78, 5) is 16.7. The van der Waals surface area contributed by atoms with Crippen LogP contribution < -0.4 is 5.32 Å². The third kappa shape index (κ3) is 3.58. The number of hydrogen-bond donors (Lipinski definition) is 1. The maximum atomic E-state index is 13.1. The summed E-state index contributed by atoms with van der Waals surface area (Å²) < 4.78 is 45.0. The molecule has 4 nitrogen and oxygen atoms in total. The van der Waals surface area contributed by atoms with Gasteiger partial charge < -0.3 is 10.1 Å². The van der Waals surface area contributed by atoms with Gasteiger partial charge in [0.15, 0.2) is 0 Å². The average Bonchev–Trinajstić information content (AvgIpc) is 3.25. The zero-order valence-corrected chi connectivity index (χ0v) is 15.9. The molecule has 1 amide bonds. The van der Waals surface area contributed by atoms with Crippen LogP contribution in [0.3, 0.4) is 0 Å². The molecule has 9 heteroatoms. The largest absolute Gasteiger partial charge is 0.433 e. The first-order valence-corrected chi connectivity index (χ1v) is 9.45. The Balaban J connectivity index is 1.62. The maximum Gasteiger partial charge on any atom is 0.433 e. The van der Waals surface area contributed by atoms with E-state index in [0.717, 1.165) is 6.07 Å². The van der Waals surface area contributed by atoms with Crippen molar-refractivity contribution in [3.8, 4) is 0 Å². The number of nitrogens with zero attached hydrogens (tertiary/aromatic N) is 1. The molecule has 0 unspecified atom stereocenters. The highest BCUT2D eigenvalue weighted by Crippen LogP contribution is 2.49. The quantitative estimate of drug-likeness (QED) is 0.717. The molecule has 1 aromatic carbocycles. The van der Waals surface area contributed by atoms with E-state index < -0.39 is 23.7 Å². The molecule has 0 radical (unpaired) electrons. The highest BCUT2D eigenvalue weighted by molar-refractivity contribution is 6.42. The number of carbonyl (C=O) groups is 1. The number of pyridine rings is 1. The summed E-state index contributed by atoms with van der Waals surface area (Å²) in [5, 5.41) is 3.42. The van der Waals surface area contributed by atoms with E-state index in [4.69, 9.17) is 27.9 Å². The number of rotatable bonds is 3. The molecule has 1 N–H and O–H groups in total. The van der Waals surface area contributed by atoms with Gasteiger partial charge in [-0.05, 0) is 43.2 Å². The molecule has 2 fully saturated rings. The molecule has 0 saturated carbocycles. The van der Waals surface area contributed by atoms with Crippen molar-refractivity contribution >= 4 is 34.8 Å². The molecule has 2 bridgehead atoms. The Hall–Kier alpha value is -1.83. The van der Waals surface area contributed by atoms with Crippen molar-refractivity contribution in [2.24, 2.45) is 5.92 Å². The minimum atomic E-state index is -4.55. The smallest absolute Gasteiger partial charge is 0.373 e. The van der Waals surface area contributed by atoms with Gasteiger partial charge in [0, 0.05) is 17.3 Å². The molecule has 4 atom stereocenters. The van der Waals surface area contributed by atoms with Crippen LogP contribution in [0, 0.1) is 5.92 Å². The monoisotopic (exact) mass is 430 g/mol. The third-order valence-electron chi connectivity index (χ3n) is 5.17. The number of aromatic nitrogens is 1. The van der Waals surface area contributed by atoms with Gasteiger partial charge in [0.25, 0.3) is 0 Å². The van der Waals surface area contributed by atoms with Gasteiger partial charge in [-0.25, -0.2) is 4.98 Å². The minimum Gasteiger partial charge on any atom is -0.373 e. The van der Waals surface area contributed by atoms with Gasteiger partial charge >= 0.3 is 6.18 Å². The van der Waals surface area contributed by atoms with Crippen LogP contribution >= 0.6 is 23.2 Å². The number of alkyl halides is 3. The number of nitrogens with one attached hydrogen (secondary N) is 1. The van der Waals surface area contributed by atoms with E-state index in [0.29, 0.717) is 28.6 Å². The highest BCUT2D eigenvalue weighted by atomic mass is 35.5. The lowest BCUT2D eigenvalue weighted by atomic mass is 9.76. The fraction of sp³-hybridized carbons (Fsp3) is 0.368. The predicted molar refractivity (Wildman–Crippen MR) is 98.5 cm³/mol. The molecule has 0 spiro atoms. The van der Waals surface area contributed by atoms with Gasteiger partial charge in [-0.1, -0.05) is 29.3 Å². The third-order valence-corrected chi connectivity index (χ3v) is 5.90. The number of ether oxygens (including phenoxy) is 1. The maximum absolute atomic E-state index is 13.1. The van der Waals surface area contributed by atoms with E-state index in [1.54, 1.807) is 12.1 Å². The summed E-state index contributed by atoms with van der Waals surface area (Å²) in [5.41, 5.74) is -0.300. The lowest BCUT2D eigenvalue weighted by molar-refractivity contribution is -0.141. The van der Waals surface area contributed by atoms with E-state index in [1.165, 1.54) is 18.2 Å². The molecule has 1 aromatic heterocycles. The predicted octanol–water partition coefficient (Wildman–Crippen LogP) is 5.31. The van der Waals surface area contributed by atoms with Crippen molar-refractivity contribution in [1.82, 2.24) is 4.98 Å². The second-order valence-electron chi connectivity index (χ2n) is 6.91. The Morgan fingerprint density at radius 2 is 1.86 bits per heavy atom. The van der Waals surface area contributed by atoms with Crippen LogP contribution in [0.25, 0.3) is 0 Å². The van der Waals surface area contributed by atoms with Crippen LogP contribution in [0.15, 0.2) is 36.4 Å². The number of hydrogen-bond acceptors (Lipinski definition) is 3. The number of amides is 1. The molecule has 4 rings (SSSR count). The van der Waals surface area contributed by atoms with Gasteiger partial charge in [0.2, 0.25) is 5.91 Å². The van der Waals surface area contributed by atoms with Crippen LogP contribution in [-0.4, -0.2) is 23.1 Å². The Labute approximate surface area is 169 Å². The average molecular weight is 431 g/mol. The molecule has 2 aliphatic heterocycles. The summed E-state index contributed by atoms with van der Waals surface area (Å²) >= 11 is 11.9. The van der Waals surface area contributed by atoms with E-state index in [-0.39, 0.29) is 23.8 Å². The molecule has 3 heterocycles. The Bertz CT molecular complexity index is 922. The van der Waals surface area contributed by atoms with Gasteiger partial charge in [-0.3, -0.25) is 4.79 Å². The van der Waals surface area contributed by atoms with Gasteiger partial charge in [0.1, 0.15) is 5.69 Å². The van der Waals surface area contributed by atoms with Crippen molar-refractivity contribution in [2.45, 2.75) is 37.1 Å². The minimum absolute atomic E-state index is 0.219. The summed E-state index contributed by atoms with van der Waals surface area (Å²) in [6.45, 7) is 0. The summed E-state index contributed by atoms with van der Waals surface area (Å²) in [6, 6.07) is 8.44. The molecular formula is C19H15Cl2F3N2O2. The fourth-order valence-corrected chi connectivity index (χ4v) is 4.28. The standard InChI is InChI=1S/C19H15Cl2F3N2O2/c20-10-5-4-9(8-11(10)21)25-18(27)17-14-7-6-13(28-14)16(17)12-2-1-3-15(26-12)19(22,23)24/h1-5,8,13-14,16-17H,6-7H2,(H,25,27)/t13-,14+,16-,17-/m0/s1. The fourth-order valence-electron chi connectivity index (χ4n) is 3.98. The molecule has 2 aromatic rings. The van der Waals surface area contributed by atoms with Crippen molar-refractivity contribution in [2.75, 3.05) is 5.32 Å². The number of carbonyl (C=O) groups excluding carboxylic acids is 1. The second-order valence-corrected chi connectivity index (χ2v) is 7.72. The second kappa shape index (κ2) is 7.21. The van der Waals surface area contributed by atoms with Crippen LogP contribution in [0.2, 0.25) is 10.0 Å². The zero-order chi connectivity index (χ0) is 20.1. The summed E-state index contributed by atoms with van der Waals surface area (Å²) in [5.74, 6) is -1.51. The van der Waals surface area contributed by atoms with Crippen molar-refractivity contribution in [3.63, 3.8) is 0 Å². The Morgan fingerprint density at radius 3 is 2.57 bits per heavy atom. The number of benzene rings is 1. The lowest BCUT2D eigenvalue weighted by Gasteiger charge is -2.27. The van der Waals surface area contributed by atoms with Crippen LogP contribution in [0.1, 0.15) is 30.1 Å². The molecule has 28 heavy (non-hydrogen) atoms. The zero-order valence-electron chi connectivity index (χ0n) is 14.3. The number of anilines is 1. The van der Waals surface area contributed by atoms with Crippen molar-refractivity contribution < 1.29 is 22.7 Å². The first-order valence-electron chi connectivity index (χ1n) is 8.69. The SMILES string of the molecule is O=C(Nc1ccc(Cl)c(Cl)c1)[C@@H]1[C@@H](c2cccc(C(F)(F)F)n2)[C@@H]2CC[C@H]1O2. The Morgan fingerprint density at radius 1 is 1.11 bits per heavy atom. The molecule has 2 saturated heterocycles. The number of halogens is 5. The summed E-state index contributed by atoms with van der Waals surface area (Å²) in [6.07, 6.45) is -3.87. The molecular weight excluding hydrogens is 416 g/mol. The Kier molecular flexibility index (Phi) is 5.02. The number of fused-ring (bicyclic) bond motifs is 2. The van der Waals surface area contributed by atoms with Gasteiger partial charge in [0.05, 0.1) is 28.2 Å². The van der Waals surface area contributed by atoms with Gasteiger partial charge in [-0.2, -0.15) is 13.2 Å². The lowest BCUT2D eigenvalue weighted by Crippen LogP contribution is -2.36.